The maximum absolute atomic E-state index is 12.3. The van der Waals surface area contributed by atoms with E-state index in [2.05, 4.69) is 28.9 Å². The minimum absolute atomic E-state index is 0.0894. The summed E-state index contributed by atoms with van der Waals surface area (Å²) in [5.41, 5.74) is 2.79. The molecule has 3 aromatic rings. The van der Waals surface area contributed by atoms with E-state index < -0.39 is 0 Å². The molecule has 33 heavy (non-hydrogen) atoms. The Morgan fingerprint density at radius 3 is 2.61 bits per heavy atom. The van der Waals surface area contributed by atoms with Crippen molar-refractivity contribution in [1.29, 1.82) is 0 Å². The Kier molecular flexibility index (Phi) is 7.17. The summed E-state index contributed by atoms with van der Waals surface area (Å²) in [6.45, 7) is 6.43. The molecule has 1 saturated heterocycles. The molecule has 1 N–H and O–H groups in total. The molecule has 0 spiro atoms. The number of aromatic amines is 1. The van der Waals surface area contributed by atoms with Crippen LogP contribution in [0.1, 0.15) is 48.5 Å². The molecule has 7 nitrogen and oxygen atoms in total. The molecule has 1 aliphatic heterocycles. The number of carbonyl (C=O) groups is 1. The first kappa shape index (κ1) is 22.7. The van der Waals surface area contributed by atoms with Crippen molar-refractivity contribution in [1.82, 2.24) is 10.2 Å². The van der Waals surface area contributed by atoms with E-state index in [1.54, 1.807) is 19.5 Å². The quantitative estimate of drug-likeness (QED) is 0.422. The SMILES string of the molecule is CCCOc1ccc(N2CC(Oc3ccc([C@H](C)CC(=O)c4cn[nH]c4)cc3)C2)c(OC)c1. The summed E-state index contributed by atoms with van der Waals surface area (Å²) in [6.07, 6.45) is 4.74. The van der Waals surface area contributed by atoms with Crippen LogP contribution in [0.5, 0.6) is 17.2 Å². The zero-order valence-corrected chi connectivity index (χ0v) is 19.4. The lowest BCUT2D eigenvalue weighted by molar-refractivity contribution is 0.0975. The van der Waals surface area contributed by atoms with Gasteiger partial charge in [0.2, 0.25) is 0 Å². The van der Waals surface area contributed by atoms with Crippen LogP contribution >= 0.6 is 0 Å². The van der Waals surface area contributed by atoms with Gasteiger partial charge in [-0.1, -0.05) is 26.0 Å². The van der Waals surface area contributed by atoms with Crippen LogP contribution in [0, 0.1) is 0 Å². The lowest BCUT2D eigenvalue weighted by Crippen LogP contribution is -2.54. The topological polar surface area (TPSA) is 76.7 Å². The molecule has 1 fully saturated rings. The molecule has 0 saturated carbocycles. The summed E-state index contributed by atoms with van der Waals surface area (Å²) in [6, 6.07) is 14.0. The summed E-state index contributed by atoms with van der Waals surface area (Å²) in [7, 11) is 1.68. The Bertz CT molecular complexity index is 1040. The molecule has 7 heteroatoms. The van der Waals surface area contributed by atoms with Crippen LogP contribution in [-0.4, -0.2) is 48.9 Å². The van der Waals surface area contributed by atoms with Gasteiger partial charge in [-0.25, -0.2) is 0 Å². The van der Waals surface area contributed by atoms with E-state index in [0.29, 0.717) is 18.6 Å². The largest absolute Gasteiger partial charge is 0.494 e. The number of hydrogen-bond acceptors (Lipinski definition) is 6. The number of carbonyl (C=O) groups excluding carboxylic acids is 1. The second kappa shape index (κ2) is 10.4. The molecule has 1 aromatic heterocycles. The average Bonchev–Trinajstić information content (AvgIpc) is 3.35. The number of methoxy groups -OCH3 is 1. The lowest BCUT2D eigenvalue weighted by atomic mass is 9.94. The predicted octanol–water partition coefficient (Wildman–Crippen LogP) is 4.85. The van der Waals surface area contributed by atoms with Gasteiger partial charge in [0, 0.05) is 18.7 Å². The van der Waals surface area contributed by atoms with Crippen molar-refractivity contribution in [3.8, 4) is 17.2 Å². The maximum atomic E-state index is 12.3. The highest BCUT2D eigenvalue weighted by Gasteiger charge is 2.30. The number of ether oxygens (including phenoxy) is 3. The Labute approximate surface area is 194 Å². The number of ketones is 1. The van der Waals surface area contributed by atoms with Gasteiger partial charge in [-0.2, -0.15) is 5.10 Å². The summed E-state index contributed by atoms with van der Waals surface area (Å²) in [4.78, 5) is 14.5. The Morgan fingerprint density at radius 1 is 1.18 bits per heavy atom. The van der Waals surface area contributed by atoms with Crippen LogP contribution in [0.4, 0.5) is 5.69 Å². The van der Waals surface area contributed by atoms with Crippen molar-refractivity contribution < 1.29 is 19.0 Å². The van der Waals surface area contributed by atoms with Crippen LogP contribution in [0.15, 0.2) is 54.9 Å². The summed E-state index contributed by atoms with van der Waals surface area (Å²) in [5, 5.41) is 6.53. The van der Waals surface area contributed by atoms with E-state index >= 15 is 0 Å². The molecular formula is C26H31N3O4. The number of nitrogens with one attached hydrogen (secondary N) is 1. The summed E-state index contributed by atoms with van der Waals surface area (Å²) < 4.78 is 17.4. The van der Waals surface area contributed by atoms with Crippen LogP contribution in [0.3, 0.4) is 0 Å². The molecule has 2 heterocycles. The fourth-order valence-corrected chi connectivity index (χ4v) is 3.92. The van der Waals surface area contributed by atoms with E-state index in [4.69, 9.17) is 14.2 Å². The summed E-state index contributed by atoms with van der Waals surface area (Å²) >= 11 is 0. The Morgan fingerprint density at radius 2 is 1.94 bits per heavy atom. The number of rotatable bonds is 11. The average molecular weight is 450 g/mol. The zero-order chi connectivity index (χ0) is 23.2. The van der Waals surface area contributed by atoms with Crippen molar-refractivity contribution in [2.75, 3.05) is 31.7 Å². The van der Waals surface area contributed by atoms with E-state index in [1.807, 2.05) is 42.5 Å². The third-order valence-electron chi connectivity index (χ3n) is 5.88. The molecule has 0 amide bonds. The van der Waals surface area contributed by atoms with Crippen molar-refractivity contribution >= 4 is 11.5 Å². The zero-order valence-electron chi connectivity index (χ0n) is 19.4. The van der Waals surface area contributed by atoms with Crippen molar-refractivity contribution in [3.63, 3.8) is 0 Å². The van der Waals surface area contributed by atoms with Gasteiger partial charge >= 0.3 is 0 Å². The monoisotopic (exact) mass is 449 g/mol. The number of H-pyrrole nitrogens is 1. The maximum Gasteiger partial charge on any atom is 0.166 e. The normalized spacial score (nSPS) is 14.5. The first-order valence-electron chi connectivity index (χ1n) is 11.4. The van der Waals surface area contributed by atoms with Crippen LogP contribution in [0.2, 0.25) is 0 Å². The van der Waals surface area contributed by atoms with E-state index in [1.165, 1.54) is 0 Å². The van der Waals surface area contributed by atoms with Gasteiger partial charge in [-0.15, -0.1) is 0 Å². The second-order valence-electron chi connectivity index (χ2n) is 8.41. The van der Waals surface area contributed by atoms with Gasteiger partial charge in [0.25, 0.3) is 0 Å². The molecule has 0 bridgehead atoms. The predicted molar refractivity (Wildman–Crippen MR) is 128 cm³/mol. The molecule has 0 unspecified atom stereocenters. The smallest absolute Gasteiger partial charge is 0.166 e. The lowest BCUT2D eigenvalue weighted by Gasteiger charge is -2.41. The third-order valence-corrected chi connectivity index (χ3v) is 5.88. The van der Waals surface area contributed by atoms with Gasteiger partial charge in [0.05, 0.1) is 44.3 Å². The Hall–Kier alpha value is -3.48. The minimum atomic E-state index is 0.0894. The van der Waals surface area contributed by atoms with E-state index in [9.17, 15) is 4.79 Å². The molecular weight excluding hydrogens is 418 g/mol. The standard InChI is InChI=1S/C26H31N3O4/c1-4-11-32-22-9-10-24(26(13-22)31-3)29-16-23(17-29)33-21-7-5-19(6-8-21)18(2)12-25(30)20-14-27-28-15-20/h5-10,13-15,18,23H,4,11-12,16-17H2,1-3H3,(H,27,28)/t18-/m1/s1. The third kappa shape index (κ3) is 5.48. The number of hydrogen-bond donors (Lipinski definition) is 1. The number of Topliss-reactive ketones (excluding diaryl/α,β-unsaturated/α-hetero) is 1. The second-order valence-corrected chi connectivity index (χ2v) is 8.41. The molecule has 174 valence electrons. The molecule has 2 aromatic carbocycles. The Balaban J connectivity index is 1.28. The molecule has 1 aliphatic rings. The highest BCUT2D eigenvalue weighted by atomic mass is 16.5. The minimum Gasteiger partial charge on any atom is -0.494 e. The number of nitrogens with zero attached hydrogens (tertiary/aromatic N) is 2. The van der Waals surface area contributed by atoms with Crippen molar-refractivity contribution in [3.05, 3.63) is 66.0 Å². The van der Waals surface area contributed by atoms with Gasteiger partial charge in [-0.05, 0) is 42.2 Å². The number of anilines is 1. The molecule has 4 rings (SSSR count). The van der Waals surface area contributed by atoms with Crippen molar-refractivity contribution in [2.45, 2.75) is 38.7 Å². The molecule has 0 radical (unpaired) electrons. The molecule has 0 aliphatic carbocycles. The van der Waals surface area contributed by atoms with E-state index in [0.717, 1.165) is 48.0 Å². The van der Waals surface area contributed by atoms with Crippen LogP contribution in [-0.2, 0) is 0 Å². The van der Waals surface area contributed by atoms with Crippen LogP contribution < -0.4 is 19.1 Å². The van der Waals surface area contributed by atoms with Gasteiger partial charge in [0.1, 0.15) is 23.4 Å². The highest BCUT2D eigenvalue weighted by molar-refractivity contribution is 5.96. The molecule has 1 atom stereocenters. The summed E-state index contributed by atoms with van der Waals surface area (Å²) in [5.74, 6) is 2.69. The number of aromatic nitrogens is 2. The first-order valence-corrected chi connectivity index (χ1v) is 11.4. The van der Waals surface area contributed by atoms with Gasteiger partial charge in [0.15, 0.2) is 5.78 Å². The van der Waals surface area contributed by atoms with Gasteiger partial charge in [-0.3, -0.25) is 9.89 Å². The van der Waals surface area contributed by atoms with Crippen LogP contribution in [0.25, 0.3) is 0 Å². The van der Waals surface area contributed by atoms with Crippen molar-refractivity contribution in [2.24, 2.45) is 0 Å². The highest BCUT2D eigenvalue weighted by Crippen LogP contribution is 2.35. The number of benzene rings is 2. The van der Waals surface area contributed by atoms with E-state index in [-0.39, 0.29) is 17.8 Å². The fourth-order valence-electron chi connectivity index (χ4n) is 3.92. The fraction of sp³-hybridized carbons (Fsp3) is 0.385. The first-order chi connectivity index (χ1) is 16.1. The van der Waals surface area contributed by atoms with Gasteiger partial charge < -0.3 is 19.1 Å².